The van der Waals surface area contributed by atoms with Crippen LogP contribution in [0.4, 0.5) is 0 Å². The van der Waals surface area contributed by atoms with Gasteiger partial charge in [0.2, 0.25) is 0 Å². The van der Waals surface area contributed by atoms with Crippen molar-refractivity contribution >= 4 is 11.9 Å². The Bertz CT molecular complexity index is 270. The quantitative estimate of drug-likeness (QED) is 0.451. The monoisotopic (exact) mass is 278 g/mol. The number of aliphatic hydroxyl groups excluding tert-OH is 1. The molecule has 0 radical (unpaired) electrons. The second-order valence-corrected chi connectivity index (χ2v) is 3.87. The van der Waals surface area contributed by atoms with Crippen LogP contribution in [0.25, 0.3) is 0 Å². The Morgan fingerprint density at radius 3 is 1.74 bits per heavy atom. The van der Waals surface area contributed by atoms with Gasteiger partial charge in [0.05, 0.1) is 26.1 Å². The third-order valence-electron chi connectivity index (χ3n) is 2.30. The highest BCUT2D eigenvalue weighted by molar-refractivity contribution is 5.75. The maximum Gasteiger partial charge on any atom is 0.308 e. The van der Waals surface area contributed by atoms with Crippen molar-refractivity contribution in [2.24, 2.45) is 0 Å². The Balaban J connectivity index is 4.79. The summed E-state index contributed by atoms with van der Waals surface area (Å²) in [7, 11) is 0. The SMILES string of the molecule is CCOC(=O)CC(O)(CC(=O)OCC)C(O)OCC. The lowest BCUT2D eigenvalue weighted by Gasteiger charge is -2.30. The summed E-state index contributed by atoms with van der Waals surface area (Å²) in [5.74, 6) is -1.46. The molecule has 112 valence electrons. The third-order valence-corrected chi connectivity index (χ3v) is 2.30. The van der Waals surface area contributed by atoms with Crippen LogP contribution in [0.2, 0.25) is 0 Å². The van der Waals surface area contributed by atoms with Crippen molar-refractivity contribution in [3.8, 4) is 0 Å². The predicted molar refractivity (Wildman–Crippen MR) is 65.1 cm³/mol. The van der Waals surface area contributed by atoms with Crippen LogP contribution in [0.1, 0.15) is 33.6 Å². The highest BCUT2D eigenvalue weighted by atomic mass is 16.6. The molecule has 1 unspecified atom stereocenters. The van der Waals surface area contributed by atoms with Gasteiger partial charge in [0, 0.05) is 6.61 Å². The number of esters is 2. The van der Waals surface area contributed by atoms with E-state index in [0.717, 1.165) is 0 Å². The van der Waals surface area contributed by atoms with E-state index in [1.54, 1.807) is 20.8 Å². The predicted octanol–water partition coefficient (Wildman–Crippen LogP) is -0.0212. The highest BCUT2D eigenvalue weighted by Crippen LogP contribution is 2.23. The van der Waals surface area contributed by atoms with E-state index in [-0.39, 0.29) is 19.8 Å². The molecule has 0 aromatic heterocycles. The average Bonchev–Trinajstić information content (AvgIpc) is 2.29. The molecule has 0 aliphatic carbocycles. The summed E-state index contributed by atoms with van der Waals surface area (Å²) in [6, 6.07) is 0. The van der Waals surface area contributed by atoms with Crippen LogP contribution < -0.4 is 0 Å². The van der Waals surface area contributed by atoms with Gasteiger partial charge in [-0.15, -0.1) is 0 Å². The van der Waals surface area contributed by atoms with Gasteiger partial charge in [-0.05, 0) is 20.8 Å². The lowest BCUT2D eigenvalue weighted by Crippen LogP contribution is -2.48. The number of carbonyl (C=O) groups is 2. The largest absolute Gasteiger partial charge is 0.466 e. The lowest BCUT2D eigenvalue weighted by molar-refractivity contribution is -0.222. The lowest BCUT2D eigenvalue weighted by atomic mass is 9.94. The highest BCUT2D eigenvalue weighted by Gasteiger charge is 2.42. The van der Waals surface area contributed by atoms with Crippen LogP contribution in [0.5, 0.6) is 0 Å². The Morgan fingerprint density at radius 2 is 1.42 bits per heavy atom. The Hall–Kier alpha value is -1.18. The minimum atomic E-state index is -2.06. The Labute approximate surface area is 112 Å². The molecule has 0 heterocycles. The van der Waals surface area contributed by atoms with E-state index in [0.29, 0.717) is 0 Å². The second kappa shape index (κ2) is 8.84. The number of carbonyl (C=O) groups excluding carboxylic acids is 2. The van der Waals surface area contributed by atoms with Crippen molar-refractivity contribution in [3.63, 3.8) is 0 Å². The fraction of sp³-hybridized carbons (Fsp3) is 0.833. The fourth-order valence-corrected chi connectivity index (χ4v) is 1.47. The molecule has 0 spiro atoms. The first-order chi connectivity index (χ1) is 8.89. The van der Waals surface area contributed by atoms with Crippen molar-refractivity contribution in [2.45, 2.75) is 45.5 Å². The molecule has 0 rings (SSSR count). The Kier molecular flexibility index (Phi) is 8.29. The van der Waals surface area contributed by atoms with Crippen LogP contribution in [0.3, 0.4) is 0 Å². The molecule has 1 atom stereocenters. The van der Waals surface area contributed by atoms with Crippen molar-refractivity contribution in [1.29, 1.82) is 0 Å². The Morgan fingerprint density at radius 1 is 1.00 bits per heavy atom. The van der Waals surface area contributed by atoms with Gasteiger partial charge in [-0.25, -0.2) is 0 Å². The molecule has 19 heavy (non-hydrogen) atoms. The zero-order chi connectivity index (χ0) is 14.9. The van der Waals surface area contributed by atoms with Crippen LogP contribution in [0.15, 0.2) is 0 Å². The normalized spacial score (nSPS) is 12.9. The van der Waals surface area contributed by atoms with Gasteiger partial charge in [0.25, 0.3) is 0 Å². The first-order valence-corrected chi connectivity index (χ1v) is 6.22. The molecule has 0 aromatic rings. The van der Waals surface area contributed by atoms with Crippen molar-refractivity contribution in [3.05, 3.63) is 0 Å². The minimum Gasteiger partial charge on any atom is -0.466 e. The first-order valence-electron chi connectivity index (χ1n) is 6.22. The van der Waals surface area contributed by atoms with Crippen LogP contribution >= 0.6 is 0 Å². The van der Waals surface area contributed by atoms with E-state index in [2.05, 4.69) is 9.47 Å². The minimum absolute atomic E-state index is 0.120. The van der Waals surface area contributed by atoms with Gasteiger partial charge in [-0.1, -0.05) is 0 Å². The van der Waals surface area contributed by atoms with E-state index >= 15 is 0 Å². The van der Waals surface area contributed by atoms with Crippen molar-refractivity contribution < 1.29 is 34.0 Å². The summed E-state index contributed by atoms with van der Waals surface area (Å²) >= 11 is 0. The molecule has 7 nitrogen and oxygen atoms in total. The first kappa shape index (κ1) is 17.8. The molecular formula is C12H22O7. The van der Waals surface area contributed by atoms with Gasteiger partial charge in [0.1, 0.15) is 5.60 Å². The number of hydrogen-bond donors (Lipinski definition) is 2. The topological polar surface area (TPSA) is 102 Å². The summed E-state index contributed by atoms with van der Waals surface area (Å²) in [6.45, 7) is 5.23. The summed E-state index contributed by atoms with van der Waals surface area (Å²) in [5, 5.41) is 19.9. The average molecular weight is 278 g/mol. The third kappa shape index (κ3) is 6.51. The van der Waals surface area contributed by atoms with Gasteiger partial charge < -0.3 is 24.4 Å². The molecule has 0 aliphatic rings. The number of hydrogen-bond acceptors (Lipinski definition) is 7. The van der Waals surface area contributed by atoms with Crippen LogP contribution in [-0.4, -0.2) is 53.9 Å². The van der Waals surface area contributed by atoms with E-state index in [9.17, 15) is 19.8 Å². The molecule has 0 aromatic carbocycles. The summed E-state index contributed by atoms with van der Waals surface area (Å²) < 4.78 is 14.2. The summed E-state index contributed by atoms with van der Waals surface area (Å²) in [5.41, 5.74) is -2.06. The number of ether oxygens (including phenoxy) is 3. The fourth-order valence-electron chi connectivity index (χ4n) is 1.47. The van der Waals surface area contributed by atoms with E-state index < -0.39 is 36.7 Å². The smallest absolute Gasteiger partial charge is 0.308 e. The van der Waals surface area contributed by atoms with Crippen LogP contribution in [-0.2, 0) is 23.8 Å². The van der Waals surface area contributed by atoms with Gasteiger partial charge in [-0.2, -0.15) is 0 Å². The molecule has 0 saturated heterocycles. The molecule has 0 saturated carbocycles. The molecule has 0 bridgehead atoms. The van der Waals surface area contributed by atoms with Crippen LogP contribution in [0, 0.1) is 0 Å². The van der Waals surface area contributed by atoms with Crippen molar-refractivity contribution in [1.82, 2.24) is 0 Å². The molecule has 0 fully saturated rings. The molecule has 0 amide bonds. The van der Waals surface area contributed by atoms with Gasteiger partial charge in [0.15, 0.2) is 6.29 Å². The molecule has 2 N–H and O–H groups in total. The molecule has 7 heteroatoms. The second-order valence-electron chi connectivity index (χ2n) is 3.87. The summed E-state index contributed by atoms with van der Waals surface area (Å²) in [4.78, 5) is 22.8. The molecular weight excluding hydrogens is 256 g/mol. The standard InChI is InChI=1S/C12H22O7/c1-4-17-9(13)7-12(16,11(15)19-6-3)8-10(14)18-5-2/h11,15-16H,4-8H2,1-3H3. The van der Waals surface area contributed by atoms with E-state index in [1.165, 1.54) is 0 Å². The zero-order valence-corrected chi connectivity index (χ0v) is 11.5. The van der Waals surface area contributed by atoms with Gasteiger partial charge >= 0.3 is 11.9 Å². The van der Waals surface area contributed by atoms with Gasteiger partial charge in [-0.3, -0.25) is 9.59 Å². The van der Waals surface area contributed by atoms with E-state index in [1.807, 2.05) is 0 Å². The maximum absolute atomic E-state index is 11.4. The molecule has 0 aliphatic heterocycles. The zero-order valence-electron chi connectivity index (χ0n) is 11.5. The maximum atomic E-state index is 11.4. The number of aliphatic hydroxyl groups is 2. The summed E-state index contributed by atoms with van der Waals surface area (Å²) in [6.07, 6.45) is -2.78. The van der Waals surface area contributed by atoms with Crippen molar-refractivity contribution in [2.75, 3.05) is 19.8 Å². The number of rotatable bonds is 9. The van der Waals surface area contributed by atoms with E-state index in [4.69, 9.17) is 4.74 Å².